The minimum Gasteiger partial charge on any atom is -0.396 e. The monoisotopic (exact) mass is 190 g/mol. The van der Waals surface area contributed by atoms with Crippen LogP contribution in [0.15, 0.2) is 18.2 Å². The summed E-state index contributed by atoms with van der Waals surface area (Å²) >= 11 is 0. The van der Waals surface area contributed by atoms with Crippen LogP contribution in [0.3, 0.4) is 0 Å². The van der Waals surface area contributed by atoms with Gasteiger partial charge in [-0.2, -0.15) is 5.26 Å². The van der Waals surface area contributed by atoms with Crippen molar-refractivity contribution >= 4 is 5.69 Å². The van der Waals surface area contributed by atoms with Crippen LogP contribution in [0.5, 0.6) is 0 Å². The van der Waals surface area contributed by atoms with Crippen molar-refractivity contribution in [3.8, 4) is 6.07 Å². The fourth-order valence-corrected chi connectivity index (χ4v) is 1.34. The van der Waals surface area contributed by atoms with E-state index < -0.39 is 0 Å². The van der Waals surface area contributed by atoms with E-state index in [1.807, 2.05) is 19.1 Å². The van der Waals surface area contributed by atoms with Crippen LogP contribution >= 0.6 is 0 Å². The first-order chi connectivity index (χ1) is 6.81. The molecule has 74 valence electrons. The van der Waals surface area contributed by atoms with Gasteiger partial charge in [-0.05, 0) is 31.0 Å². The van der Waals surface area contributed by atoms with Crippen molar-refractivity contribution < 1.29 is 5.11 Å². The van der Waals surface area contributed by atoms with Crippen molar-refractivity contribution in [2.45, 2.75) is 13.3 Å². The Kier molecular flexibility index (Phi) is 3.96. The Labute approximate surface area is 84.0 Å². The van der Waals surface area contributed by atoms with E-state index in [1.165, 1.54) is 0 Å². The third-order valence-corrected chi connectivity index (χ3v) is 1.99. The number of hydrogen-bond donors (Lipinski definition) is 2. The van der Waals surface area contributed by atoms with Crippen molar-refractivity contribution in [3.63, 3.8) is 0 Å². The molecule has 0 radical (unpaired) electrons. The highest BCUT2D eigenvalue weighted by Crippen LogP contribution is 2.17. The first-order valence-electron chi connectivity index (χ1n) is 4.69. The molecule has 3 heteroatoms. The Morgan fingerprint density at radius 2 is 2.29 bits per heavy atom. The van der Waals surface area contributed by atoms with Crippen molar-refractivity contribution in [2.75, 3.05) is 18.5 Å². The molecule has 0 amide bonds. The Bertz CT molecular complexity index is 342. The van der Waals surface area contributed by atoms with Gasteiger partial charge < -0.3 is 10.4 Å². The summed E-state index contributed by atoms with van der Waals surface area (Å²) in [4.78, 5) is 0. The summed E-state index contributed by atoms with van der Waals surface area (Å²) in [7, 11) is 0. The van der Waals surface area contributed by atoms with E-state index in [1.54, 1.807) is 6.07 Å². The minimum atomic E-state index is 0.129. The summed E-state index contributed by atoms with van der Waals surface area (Å²) in [5.41, 5.74) is 2.64. The maximum Gasteiger partial charge on any atom is 0.0992 e. The number of nitrogens with one attached hydrogen (secondary N) is 1. The van der Waals surface area contributed by atoms with Crippen molar-refractivity contribution in [3.05, 3.63) is 29.3 Å². The van der Waals surface area contributed by atoms with E-state index in [9.17, 15) is 0 Å². The third kappa shape index (κ3) is 2.48. The van der Waals surface area contributed by atoms with Gasteiger partial charge in [0, 0.05) is 18.8 Å². The second-order valence-electron chi connectivity index (χ2n) is 2.99. The normalized spacial score (nSPS) is 9.50. The maximum atomic E-state index is 8.85. The summed E-state index contributed by atoms with van der Waals surface area (Å²) in [5, 5.41) is 20.7. The van der Waals surface area contributed by atoms with Gasteiger partial charge in [-0.3, -0.25) is 0 Å². The smallest absolute Gasteiger partial charge is 0.0992 e. The van der Waals surface area contributed by atoms with Crippen LogP contribution in [0.2, 0.25) is 0 Å². The van der Waals surface area contributed by atoms with Crippen LogP contribution in [0.4, 0.5) is 5.69 Å². The van der Waals surface area contributed by atoms with Gasteiger partial charge in [-0.1, -0.05) is 6.07 Å². The van der Waals surface area contributed by atoms with Crippen LogP contribution in [-0.2, 0) is 6.42 Å². The Hall–Kier alpha value is -1.53. The van der Waals surface area contributed by atoms with Crippen LogP contribution in [-0.4, -0.2) is 18.3 Å². The highest BCUT2D eigenvalue weighted by Gasteiger charge is 2.02. The zero-order chi connectivity index (χ0) is 10.4. The Morgan fingerprint density at radius 1 is 1.50 bits per heavy atom. The SMILES string of the molecule is CCNc1cc(C#N)ccc1CCO. The van der Waals surface area contributed by atoms with Crippen LogP contribution < -0.4 is 5.32 Å². The molecule has 0 spiro atoms. The highest BCUT2D eigenvalue weighted by molar-refractivity contribution is 5.55. The number of benzene rings is 1. The largest absolute Gasteiger partial charge is 0.396 e. The molecule has 0 saturated carbocycles. The second kappa shape index (κ2) is 5.25. The van der Waals surface area contributed by atoms with Gasteiger partial charge in [0.25, 0.3) is 0 Å². The number of nitriles is 1. The molecule has 0 atom stereocenters. The number of aliphatic hydroxyl groups is 1. The molecule has 14 heavy (non-hydrogen) atoms. The summed E-state index contributed by atoms with van der Waals surface area (Å²) in [6.45, 7) is 2.94. The number of anilines is 1. The van der Waals surface area contributed by atoms with Gasteiger partial charge in [0.2, 0.25) is 0 Å². The molecule has 1 aromatic rings. The Morgan fingerprint density at radius 3 is 2.86 bits per heavy atom. The van der Waals surface area contributed by atoms with Gasteiger partial charge in [0.05, 0.1) is 11.6 Å². The molecule has 0 aliphatic rings. The van der Waals surface area contributed by atoms with E-state index >= 15 is 0 Å². The topological polar surface area (TPSA) is 56.0 Å². The fraction of sp³-hybridized carbons (Fsp3) is 0.364. The van der Waals surface area contributed by atoms with E-state index in [0.717, 1.165) is 17.8 Å². The maximum absolute atomic E-state index is 8.85. The molecule has 0 aliphatic carbocycles. The van der Waals surface area contributed by atoms with Crippen LogP contribution in [0, 0.1) is 11.3 Å². The van der Waals surface area contributed by atoms with Crippen molar-refractivity contribution in [2.24, 2.45) is 0 Å². The van der Waals surface area contributed by atoms with Gasteiger partial charge in [0.1, 0.15) is 0 Å². The van der Waals surface area contributed by atoms with E-state index in [2.05, 4.69) is 11.4 Å². The van der Waals surface area contributed by atoms with Gasteiger partial charge >= 0.3 is 0 Å². The first-order valence-corrected chi connectivity index (χ1v) is 4.69. The van der Waals surface area contributed by atoms with E-state index in [0.29, 0.717) is 12.0 Å². The third-order valence-electron chi connectivity index (χ3n) is 1.99. The standard InChI is InChI=1S/C11H14N2O/c1-2-13-11-7-9(8-12)3-4-10(11)5-6-14/h3-4,7,13-14H,2,5-6H2,1H3. The van der Waals surface area contributed by atoms with E-state index in [4.69, 9.17) is 10.4 Å². The molecule has 2 N–H and O–H groups in total. The summed E-state index contributed by atoms with van der Waals surface area (Å²) in [5.74, 6) is 0. The Balaban J connectivity index is 2.98. The van der Waals surface area contributed by atoms with Crippen molar-refractivity contribution in [1.29, 1.82) is 5.26 Å². The average Bonchev–Trinajstić information content (AvgIpc) is 2.21. The van der Waals surface area contributed by atoms with E-state index in [-0.39, 0.29) is 6.61 Å². The van der Waals surface area contributed by atoms with Crippen LogP contribution in [0.25, 0.3) is 0 Å². The fourth-order valence-electron chi connectivity index (χ4n) is 1.34. The molecule has 1 aromatic carbocycles. The number of rotatable bonds is 4. The van der Waals surface area contributed by atoms with Crippen molar-refractivity contribution in [1.82, 2.24) is 0 Å². The summed E-state index contributed by atoms with van der Waals surface area (Å²) in [6.07, 6.45) is 0.619. The number of nitrogens with zero attached hydrogens (tertiary/aromatic N) is 1. The lowest BCUT2D eigenvalue weighted by Crippen LogP contribution is -2.02. The first kappa shape index (κ1) is 10.6. The molecular formula is C11H14N2O. The zero-order valence-electron chi connectivity index (χ0n) is 8.25. The lowest BCUT2D eigenvalue weighted by molar-refractivity contribution is 0.300. The molecule has 0 bridgehead atoms. The molecule has 0 fully saturated rings. The van der Waals surface area contributed by atoms with Crippen LogP contribution in [0.1, 0.15) is 18.1 Å². The zero-order valence-corrected chi connectivity index (χ0v) is 8.25. The molecular weight excluding hydrogens is 176 g/mol. The van der Waals surface area contributed by atoms with Gasteiger partial charge in [0.15, 0.2) is 0 Å². The lowest BCUT2D eigenvalue weighted by atomic mass is 10.1. The number of aliphatic hydroxyl groups excluding tert-OH is 1. The predicted octanol–water partition coefficient (Wildman–Crippen LogP) is 1.52. The lowest BCUT2D eigenvalue weighted by Gasteiger charge is -2.09. The average molecular weight is 190 g/mol. The second-order valence-corrected chi connectivity index (χ2v) is 2.99. The minimum absolute atomic E-state index is 0.129. The molecule has 0 saturated heterocycles. The molecule has 0 heterocycles. The highest BCUT2D eigenvalue weighted by atomic mass is 16.2. The molecule has 0 aromatic heterocycles. The molecule has 0 aliphatic heterocycles. The van der Waals surface area contributed by atoms with Gasteiger partial charge in [-0.25, -0.2) is 0 Å². The molecule has 3 nitrogen and oxygen atoms in total. The van der Waals surface area contributed by atoms with Gasteiger partial charge in [-0.15, -0.1) is 0 Å². The quantitative estimate of drug-likeness (QED) is 0.757. The molecule has 0 unspecified atom stereocenters. The predicted molar refractivity (Wildman–Crippen MR) is 56.1 cm³/mol. The molecule has 1 rings (SSSR count). The summed E-state index contributed by atoms with van der Waals surface area (Å²) < 4.78 is 0. The number of hydrogen-bond acceptors (Lipinski definition) is 3. The summed E-state index contributed by atoms with van der Waals surface area (Å²) in [6, 6.07) is 7.56.